The molecule has 0 spiro atoms. The topological polar surface area (TPSA) is 0 Å². The van der Waals surface area contributed by atoms with E-state index in [1.54, 1.807) is 0 Å². The number of rotatable bonds is 35. The largest absolute Gasteiger partial charge is 0.0945 e. The molecule has 0 aromatic heterocycles. The van der Waals surface area contributed by atoms with Gasteiger partial charge in [0.25, 0.3) is 0 Å². The molecular formula is C110H155Cl5. The van der Waals surface area contributed by atoms with Crippen LogP contribution in [0.1, 0.15) is 416 Å². The summed E-state index contributed by atoms with van der Waals surface area (Å²) in [5.74, 6) is 41.8. The highest BCUT2D eigenvalue weighted by Gasteiger charge is 2.24. The number of benzene rings is 5. The van der Waals surface area contributed by atoms with E-state index in [1.807, 2.05) is 121 Å². The summed E-state index contributed by atoms with van der Waals surface area (Å²) in [6.07, 6.45) is 76.6. The fourth-order valence-electron chi connectivity index (χ4n) is 17.6. The minimum absolute atomic E-state index is 0.602. The van der Waals surface area contributed by atoms with Crippen LogP contribution >= 0.6 is 58.0 Å². The maximum absolute atomic E-state index is 5.92. The molecule has 0 radical (unpaired) electrons. The van der Waals surface area contributed by atoms with Crippen molar-refractivity contribution in [3.05, 3.63) is 174 Å². The first-order valence-corrected chi connectivity index (χ1v) is 49.6. The molecule has 5 aliphatic carbocycles. The van der Waals surface area contributed by atoms with Crippen molar-refractivity contribution in [2.75, 3.05) is 0 Å². The molecular weight excluding hydrogens is 1500 g/mol. The zero-order chi connectivity index (χ0) is 81.7. The lowest BCUT2D eigenvalue weighted by atomic mass is 9.80. The molecule has 0 nitrogen and oxygen atoms in total. The van der Waals surface area contributed by atoms with Crippen molar-refractivity contribution in [1.82, 2.24) is 0 Å². The third kappa shape index (κ3) is 49.0. The molecule has 10 rings (SSSR count). The highest BCUT2D eigenvalue weighted by molar-refractivity contribution is 6.31. The SMILES string of the molecule is CCCCCCC1CCC(C#Cc2ccc(Cl)cc2)CC1.CCCCCCCC1CCC(C#Cc2ccc(Cl)cc2)CC1.CCCCCCCCC1CCC(C#Cc2ccc(Cl)cc2)CC1.CCCCCCCCCC1CCC(C#Cc2ccc(Cl)cc2)CC1.CCCCCCCCCCC1CCC(C#Cc2ccc(Cl)cc2)CC1. The highest BCUT2D eigenvalue weighted by Crippen LogP contribution is 2.37. The van der Waals surface area contributed by atoms with Crippen LogP contribution in [0.3, 0.4) is 0 Å². The normalized spacial score (nSPS) is 20.8. The predicted octanol–water partition coefficient (Wildman–Crippen LogP) is 36.2. The summed E-state index contributed by atoms with van der Waals surface area (Å²) < 4.78 is 0. The fourth-order valence-corrected chi connectivity index (χ4v) is 18.3. The second kappa shape index (κ2) is 65.2. The molecule has 5 aromatic carbocycles. The molecule has 630 valence electrons. The van der Waals surface area contributed by atoms with Crippen molar-refractivity contribution in [2.45, 2.75) is 388 Å². The van der Waals surface area contributed by atoms with E-state index in [2.05, 4.69) is 93.8 Å². The van der Waals surface area contributed by atoms with Crippen molar-refractivity contribution in [1.29, 1.82) is 0 Å². The Morgan fingerprint density at radius 1 is 0.183 bits per heavy atom. The monoisotopic (exact) mass is 1650 g/mol. The first-order chi connectivity index (χ1) is 56.4. The average Bonchev–Trinajstić information content (AvgIpc) is 0.911. The third-order valence-electron chi connectivity index (χ3n) is 25.4. The van der Waals surface area contributed by atoms with Gasteiger partial charge in [0.1, 0.15) is 0 Å². The van der Waals surface area contributed by atoms with Gasteiger partial charge < -0.3 is 0 Å². The Bertz CT molecular complexity index is 3520. The maximum Gasteiger partial charge on any atom is 0.0406 e. The summed E-state index contributed by atoms with van der Waals surface area (Å²) in [5, 5.41) is 3.92. The standard InChI is InChI=1S/C24H35Cl.C23H33Cl.C22H31Cl.C21H29Cl.C20H27Cl/c1-2-3-4-5-6-7-8-9-10-21-11-13-22(14-12-21)15-16-23-17-19-24(25)20-18-23;1-2-3-4-5-6-7-8-9-20-10-12-21(13-11-20)14-15-22-16-18-23(24)19-17-22;1-2-3-4-5-6-7-8-19-9-11-20(12-10-19)13-14-21-15-17-22(23)18-16-21;1-2-3-4-5-6-7-18-8-10-19(11-9-18)12-13-20-14-16-21(22)17-15-20;1-2-3-4-5-6-17-7-9-18(10-8-17)11-12-19-13-15-20(21)16-14-19/h17-22H,2-14H2,1H3;16-21H,2-13H2,1H3;15-20H,2-12H2,1H3;14-19H,2-11H2,1H3;13-18H,2-10H2,1H3. The summed E-state index contributed by atoms with van der Waals surface area (Å²) in [6, 6.07) is 39.3. The quantitative estimate of drug-likeness (QED) is 0.0280. The zero-order valence-electron chi connectivity index (χ0n) is 73.1. The molecule has 5 fully saturated rings. The Balaban J connectivity index is 0.000000224. The van der Waals surface area contributed by atoms with E-state index in [1.165, 1.54) is 353 Å². The van der Waals surface area contributed by atoms with Crippen LogP contribution in [-0.4, -0.2) is 0 Å². The van der Waals surface area contributed by atoms with Gasteiger partial charge in [-0.1, -0.05) is 377 Å². The number of hydrogen-bond donors (Lipinski definition) is 0. The lowest BCUT2D eigenvalue weighted by Gasteiger charge is -2.25. The Kier molecular flexibility index (Phi) is 56.2. The van der Waals surface area contributed by atoms with E-state index in [-0.39, 0.29) is 0 Å². The Morgan fingerprint density at radius 2 is 0.313 bits per heavy atom. The van der Waals surface area contributed by atoms with E-state index in [0.717, 1.165) is 82.5 Å². The summed E-state index contributed by atoms with van der Waals surface area (Å²) in [5.41, 5.74) is 5.43. The van der Waals surface area contributed by atoms with Crippen LogP contribution in [0.4, 0.5) is 0 Å². The van der Waals surface area contributed by atoms with Crippen LogP contribution in [0.15, 0.2) is 121 Å². The molecule has 0 heterocycles. The van der Waals surface area contributed by atoms with Crippen molar-refractivity contribution in [3.8, 4) is 59.2 Å². The number of halogens is 5. The maximum atomic E-state index is 5.92. The molecule has 0 amide bonds. The molecule has 0 N–H and O–H groups in total. The Labute approximate surface area is 732 Å². The smallest absolute Gasteiger partial charge is 0.0406 e. The number of unbranched alkanes of at least 4 members (excludes halogenated alkanes) is 25. The van der Waals surface area contributed by atoms with Crippen LogP contribution in [-0.2, 0) is 0 Å². The minimum Gasteiger partial charge on any atom is -0.0945 e. The Morgan fingerprint density at radius 3 is 0.461 bits per heavy atom. The second-order valence-corrected chi connectivity index (χ2v) is 37.4. The van der Waals surface area contributed by atoms with Crippen molar-refractivity contribution < 1.29 is 0 Å². The van der Waals surface area contributed by atoms with Gasteiger partial charge in [-0.25, -0.2) is 0 Å². The zero-order valence-corrected chi connectivity index (χ0v) is 76.9. The van der Waals surface area contributed by atoms with Gasteiger partial charge in [0.05, 0.1) is 0 Å². The van der Waals surface area contributed by atoms with E-state index < -0.39 is 0 Å². The summed E-state index contributed by atoms with van der Waals surface area (Å²) >= 11 is 29.5. The van der Waals surface area contributed by atoms with Crippen molar-refractivity contribution >= 4 is 58.0 Å². The first-order valence-electron chi connectivity index (χ1n) is 47.7. The van der Waals surface area contributed by atoms with E-state index in [9.17, 15) is 0 Å². The summed E-state index contributed by atoms with van der Waals surface area (Å²) in [4.78, 5) is 0. The van der Waals surface area contributed by atoms with Crippen LogP contribution in [0.2, 0.25) is 25.1 Å². The highest BCUT2D eigenvalue weighted by atomic mass is 35.5. The van der Waals surface area contributed by atoms with Gasteiger partial charge in [-0.3, -0.25) is 0 Å². The molecule has 0 atom stereocenters. The van der Waals surface area contributed by atoms with Crippen molar-refractivity contribution in [2.24, 2.45) is 59.2 Å². The van der Waals surface area contributed by atoms with E-state index >= 15 is 0 Å². The lowest BCUT2D eigenvalue weighted by Crippen LogP contribution is -2.13. The molecule has 115 heavy (non-hydrogen) atoms. The van der Waals surface area contributed by atoms with E-state index in [0.29, 0.717) is 29.6 Å². The number of hydrogen-bond acceptors (Lipinski definition) is 0. The third-order valence-corrected chi connectivity index (χ3v) is 26.6. The van der Waals surface area contributed by atoms with Gasteiger partial charge in [-0.05, 0) is 279 Å². The van der Waals surface area contributed by atoms with Crippen LogP contribution in [0, 0.1) is 118 Å². The van der Waals surface area contributed by atoms with Gasteiger partial charge in [-0.2, -0.15) is 0 Å². The first kappa shape index (κ1) is 99.2. The van der Waals surface area contributed by atoms with Crippen LogP contribution in [0.25, 0.3) is 0 Å². The van der Waals surface area contributed by atoms with Crippen molar-refractivity contribution in [3.63, 3.8) is 0 Å². The predicted molar refractivity (Wildman–Crippen MR) is 509 cm³/mol. The van der Waals surface area contributed by atoms with Gasteiger partial charge in [0.15, 0.2) is 0 Å². The molecule has 5 saturated carbocycles. The molecule has 5 aliphatic rings. The van der Waals surface area contributed by atoms with Crippen LogP contribution < -0.4 is 0 Å². The van der Waals surface area contributed by atoms with Gasteiger partial charge in [0.2, 0.25) is 0 Å². The fraction of sp³-hybridized carbons (Fsp3) is 0.636. The Hall–Kier alpha value is -4.65. The molecule has 5 aromatic rings. The molecule has 0 saturated heterocycles. The van der Waals surface area contributed by atoms with Gasteiger partial charge in [0, 0.05) is 82.5 Å². The molecule has 0 unspecified atom stereocenters. The van der Waals surface area contributed by atoms with Gasteiger partial charge >= 0.3 is 0 Å². The minimum atomic E-state index is 0.602. The average molecular weight is 1650 g/mol. The molecule has 5 heteroatoms. The van der Waals surface area contributed by atoms with Crippen LogP contribution in [0.5, 0.6) is 0 Å². The summed E-state index contributed by atoms with van der Waals surface area (Å²) in [7, 11) is 0. The second-order valence-electron chi connectivity index (χ2n) is 35.3. The van der Waals surface area contributed by atoms with E-state index in [4.69, 9.17) is 58.0 Å². The molecule has 0 bridgehead atoms. The summed E-state index contributed by atoms with van der Waals surface area (Å²) in [6.45, 7) is 11.4. The molecule has 0 aliphatic heterocycles. The van der Waals surface area contributed by atoms with Gasteiger partial charge in [-0.15, -0.1) is 0 Å². The lowest BCUT2D eigenvalue weighted by molar-refractivity contribution is 0.293.